The lowest BCUT2D eigenvalue weighted by Gasteiger charge is -2.34. The molecule has 0 unspecified atom stereocenters. The molecule has 0 amide bonds. The molecule has 2 aliphatic rings. The fraction of sp³-hybridized carbons (Fsp3) is 0.0690. The van der Waals surface area contributed by atoms with Gasteiger partial charge in [0.05, 0.1) is 11.1 Å². The van der Waals surface area contributed by atoms with E-state index in [9.17, 15) is 0 Å². The molecule has 0 radical (unpaired) electrons. The number of nitrogens with zero attached hydrogens (tertiary/aromatic N) is 1. The van der Waals surface area contributed by atoms with Gasteiger partial charge in [-0.1, -0.05) is 202 Å². The average molecular weight is 754 g/mol. The minimum Gasteiger partial charge on any atom is -0.310 e. The van der Waals surface area contributed by atoms with E-state index in [2.05, 4.69) is 243 Å². The van der Waals surface area contributed by atoms with Crippen molar-refractivity contribution in [3.8, 4) is 44.5 Å². The summed E-state index contributed by atoms with van der Waals surface area (Å²) >= 11 is 0. The molecule has 1 heteroatoms. The number of fused-ring (bicyclic) bond motifs is 6. The summed E-state index contributed by atoms with van der Waals surface area (Å²) in [6, 6.07) is 83.0. The zero-order valence-electron chi connectivity index (χ0n) is 33.3. The van der Waals surface area contributed by atoms with Gasteiger partial charge in [0.2, 0.25) is 0 Å². The minimum atomic E-state index is -0.479. The molecule has 0 fully saturated rings. The van der Waals surface area contributed by atoms with Gasteiger partial charge in [-0.25, -0.2) is 0 Å². The van der Waals surface area contributed by atoms with Crippen LogP contribution in [0.15, 0.2) is 224 Å². The quantitative estimate of drug-likeness (QED) is 0.157. The van der Waals surface area contributed by atoms with Crippen molar-refractivity contribution in [2.45, 2.75) is 24.7 Å². The monoisotopic (exact) mass is 753 g/mol. The van der Waals surface area contributed by atoms with Crippen LogP contribution in [0.4, 0.5) is 17.1 Å². The maximum absolute atomic E-state index is 2.46. The molecule has 2 aliphatic carbocycles. The average Bonchev–Trinajstić information content (AvgIpc) is 3.73. The Morgan fingerprint density at radius 2 is 0.780 bits per heavy atom. The van der Waals surface area contributed by atoms with E-state index in [1.807, 2.05) is 0 Å². The second kappa shape index (κ2) is 13.7. The molecule has 0 saturated carbocycles. The van der Waals surface area contributed by atoms with Crippen LogP contribution in [-0.4, -0.2) is 0 Å². The Bertz CT molecular complexity index is 2970. The molecule has 1 nitrogen and oxygen atoms in total. The summed E-state index contributed by atoms with van der Waals surface area (Å²) in [5.74, 6) is 0. The Kier molecular flexibility index (Phi) is 8.13. The summed E-state index contributed by atoms with van der Waals surface area (Å²) in [6.45, 7) is 4.73. The zero-order valence-corrected chi connectivity index (χ0v) is 33.3. The van der Waals surface area contributed by atoms with Gasteiger partial charge in [-0.15, -0.1) is 0 Å². The summed E-state index contributed by atoms with van der Waals surface area (Å²) < 4.78 is 0. The van der Waals surface area contributed by atoms with Gasteiger partial charge in [0.1, 0.15) is 0 Å². The van der Waals surface area contributed by atoms with Crippen LogP contribution in [0.3, 0.4) is 0 Å². The van der Waals surface area contributed by atoms with Crippen molar-refractivity contribution in [1.82, 2.24) is 0 Å². The van der Waals surface area contributed by atoms with E-state index in [1.165, 1.54) is 77.9 Å². The summed E-state index contributed by atoms with van der Waals surface area (Å²) in [7, 11) is 0. The molecule has 0 aliphatic heterocycles. The number of rotatable bonds is 7. The first kappa shape index (κ1) is 35.0. The molecular formula is C58H43N. The summed E-state index contributed by atoms with van der Waals surface area (Å²) in [6.07, 6.45) is 0. The lowest BCUT2D eigenvalue weighted by atomic mass is 9.67. The van der Waals surface area contributed by atoms with Crippen LogP contribution in [0.5, 0.6) is 0 Å². The van der Waals surface area contributed by atoms with Crippen molar-refractivity contribution >= 4 is 17.1 Å². The predicted octanol–water partition coefficient (Wildman–Crippen LogP) is 15.2. The first-order valence-electron chi connectivity index (χ1n) is 20.7. The number of anilines is 3. The topological polar surface area (TPSA) is 3.24 Å². The van der Waals surface area contributed by atoms with Crippen molar-refractivity contribution in [1.29, 1.82) is 0 Å². The summed E-state index contributed by atoms with van der Waals surface area (Å²) in [4.78, 5) is 2.46. The maximum Gasteiger partial charge on any atom is 0.0713 e. The van der Waals surface area contributed by atoms with Crippen molar-refractivity contribution in [3.05, 3.63) is 258 Å². The Morgan fingerprint density at radius 1 is 0.305 bits per heavy atom. The van der Waals surface area contributed by atoms with E-state index in [0.717, 1.165) is 17.1 Å². The highest BCUT2D eigenvalue weighted by Crippen LogP contribution is 2.57. The highest BCUT2D eigenvalue weighted by molar-refractivity contribution is 5.92. The van der Waals surface area contributed by atoms with Gasteiger partial charge in [0, 0.05) is 22.4 Å². The molecule has 0 bridgehead atoms. The Hall–Kier alpha value is -7.22. The second-order valence-corrected chi connectivity index (χ2v) is 16.5. The highest BCUT2D eigenvalue weighted by Gasteiger charge is 2.46. The van der Waals surface area contributed by atoms with Crippen LogP contribution in [0.25, 0.3) is 44.5 Å². The third-order valence-electron chi connectivity index (χ3n) is 13.0. The molecule has 9 aromatic carbocycles. The summed E-state index contributed by atoms with van der Waals surface area (Å²) in [5.41, 5.74) is 20.7. The number of hydrogen-bond donors (Lipinski definition) is 0. The van der Waals surface area contributed by atoms with Crippen molar-refractivity contribution in [3.63, 3.8) is 0 Å². The molecular weight excluding hydrogens is 711 g/mol. The first-order chi connectivity index (χ1) is 29.0. The third-order valence-corrected chi connectivity index (χ3v) is 13.0. The van der Waals surface area contributed by atoms with Gasteiger partial charge in [-0.05, 0) is 109 Å². The smallest absolute Gasteiger partial charge is 0.0713 e. The van der Waals surface area contributed by atoms with Gasteiger partial charge in [-0.3, -0.25) is 0 Å². The Morgan fingerprint density at radius 3 is 1.46 bits per heavy atom. The fourth-order valence-corrected chi connectivity index (χ4v) is 10.2. The Balaban J connectivity index is 1.11. The SMILES string of the molecule is CC1(C)c2ccccc2-c2ccc(N(c3ccc(-c4ccccc4)cc3)c3ccccc3-c3cccc(C4(c5ccccc5)c5ccccc5-c5ccccc54)c3)cc21. The van der Waals surface area contributed by atoms with Crippen molar-refractivity contribution < 1.29 is 0 Å². The van der Waals surface area contributed by atoms with Crippen LogP contribution >= 0.6 is 0 Å². The minimum absolute atomic E-state index is 0.127. The molecule has 0 spiro atoms. The number of benzene rings is 9. The van der Waals surface area contributed by atoms with Crippen LogP contribution < -0.4 is 4.90 Å². The van der Waals surface area contributed by atoms with E-state index < -0.39 is 5.41 Å². The van der Waals surface area contributed by atoms with Crippen LogP contribution in [-0.2, 0) is 10.8 Å². The normalized spacial score (nSPS) is 13.9. The lowest BCUT2D eigenvalue weighted by molar-refractivity contribution is 0.660. The first-order valence-corrected chi connectivity index (χ1v) is 20.7. The summed E-state index contributed by atoms with van der Waals surface area (Å²) in [5, 5.41) is 0. The molecule has 0 saturated heterocycles. The molecule has 0 heterocycles. The Labute approximate surface area is 347 Å². The van der Waals surface area contributed by atoms with Gasteiger partial charge >= 0.3 is 0 Å². The lowest BCUT2D eigenvalue weighted by Crippen LogP contribution is -2.28. The standard InChI is InChI=1S/C58H43N/c1-57(2)52-28-13-9-25-48(52)51-37-36-46(39-55(51)57)59(45-34-32-41(33-35-45)40-18-5-3-6-19-40)56-31-16-12-24-47(56)42-20-17-23-44(38-42)58(43-21-7-4-8-22-43)53-29-14-10-26-49(53)50-27-11-15-30-54(50)58/h3-39H,1-2H3. The second-order valence-electron chi connectivity index (χ2n) is 16.5. The molecule has 0 aromatic heterocycles. The van der Waals surface area contributed by atoms with Crippen LogP contribution in [0, 0.1) is 0 Å². The number of hydrogen-bond acceptors (Lipinski definition) is 1. The highest BCUT2D eigenvalue weighted by atomic mass is 15.1. The number of para-hydroxylation sites is 1. The van der Waals surface area contributed by atoms with Gasteiger partial charge in [0.25, 0.3) is 0 Å². The van der Waals surface area contributed by atoms with Crippen LogP contribution in [0.2, 0.25) is 0 Å². The largest absolute Gasteiger partial charge is 0.310 e. The molecule has 280 valence electrons. The van der Waals surface area contributed by atoms with E-state index in [0.29, 0.717) is 0 Å². The van der Waals surface area contributed by atoms with Gasteiger partial charge in [0.15, 0.2) is 0 Å². The molecule has 11 rings (SSSR count). The van der Waals surface area contributed by atoms with Gasteiger partial charge in [-0.2, -0.15) is 0 Å². The predicted molar refractivity (Wildman–Crippen MR) is 247 cm³/mol. The maximum atomic E-state index is 2.46. The van der Waals surface area contributed by atoms with E-state index >= 15 is 0 Å². The van der Waals surface area contributed by atoms with E-state index in [4.69, 9.17) is 0 Å². The molecule has 9 aromatic rings. The molecule has 0 N–H and O–H groups in total. The van der Waals surface area contributed by atoms with Crippen molar-refractivity contribution in [2.24, 2.45) is 0 Å². The molecule has 0 atom stereocenters. The third kappa shape index (κ3) is 5.39. The fourth-order valence-electron chi connectivity index (χ4n) is 10.2. The zero-order chi connectivity index (χ0) is 39.6. The van der Waals surface area contributed by atoms with E-state index in [1.54, 1.807) is 0 Å². The van der Waals surface area contributed by atoms with Gasteiger partial charge < -0.3 is 4.90 Å². The van der Waals surface area contributed by atoms with E-state index in [-0.39, 0.29) is 5.41 Å². The van der Waals surface area contributed by atoms with Crippen LogP contribution in [0.1, 0.15) is 47.2 Å². The van der Waals surface area contributed by atoms with Crippen molar-refractivity contribution in [2.75, 3.05) is 4.90 Å². The molecule has 59 heavy (non-hydrogen) atoms.